The van der Waals surface area contributed by atoms with Crippen LogP contribution in [0, 0.1) is 0 Å². The fraction of sp³-hybridized carbons (Fsp3) is 0.429. The van der Waals surface area contributed by atoms with E-state index in [2.05, 4.69) is 0 Å². The lowest BCUT2D eigenvalue weighted by Gasteiger charge is -2.12. The van der Waals surface area contributed by atoms with Crippen LogP contribution in [-0.4, -0.2) is 60.2 Å². The van der Waals surface area contributed by atoms with Crippen LogP contribution in [0.15, 0.2) is 23.1 Å². The number of rotatable bonds is 5. The Morgan fingerprint density at radius 2 is 1.26 bits per heavy atom. The van der Waals surface area contributed by atoms with Crippen molar-refractivity contribution in [2.45, 2.75) is 44.8 Å². The standard InChI is InChI=1S/C14H18O7S.Mg.2H/c1-8(2)20-13(15)10-5-11(14(16)21-9(3)4)7-12(6-10)22(17,18)19;;;/h5-9H,1-4H3,(H,17,18,19);;;. The van der Waals surface area contributed by atoms with Crippen molar-refractivity contribution in [3.8, 4) is 0 Å². The Balaban J connectivity index is 0.00000484. The molecule has 0 radical (unpaired) electrons. The molecule has 126 valence electrons. The summed E-state index contributed by atoms with van der Waals surface area (Å²) < 4.78 is 41.6. The van der Waals surface area contributed by atoms with Crippen LogP contribution in [0.25, 0.3) is 0 Å². The molecular weight excluding hydrogens is 337 g/mol. The Morgan fingerprint density at radius 1 is 0.913 bits per heavy atom. The quantitative estimate of drug-likeness (QED) is 0.479. The van der Waals surface area contributed by atoms with Crippen LogP contribution in [-0.2, 0) is 19.6 Å². The van der Waals surface area contributed by atoms with Gasteiger partial charge >= 0.3 is 35.0 Å². The van der Waals surface area contributed by atoms with Gasteiger partial charge in [0.2, 0.25) is 0 Å². The van der Waals surface area contributed by atoms with E-state index in [-0.39, 0.29) is 34.2 Å². The van der Waals surface area contributed by atoms with Crippen molar-refractivity contribution in [3.63, 3.8) is 0 Å². The lowest BCUT2D eigenvalue weighted by Crippen LogP contribution is -2.16. The molecule has 0 unspecified atom stereocenters. The third-order valence-electron chi connectivity index (χ3n) is 2.36. The lowest BCUT2D eigenvalue weighted by molar-refractivity contribution is 0.0377. The number of ether oxygens (including phenoxy) is 2. The molecule has 0 spiro atoms. The van der Waals surface area contributed by atoms with Crippen molar-refractivity contribution in [2.75, 3.05) is 0 Å². The number of hydrogen-bond donors (Lipinski definition) is 1. The molecule has 1 aromatic rings. The second-order valence-electron chi connectivity index (χ2n) is 5.13. The van der Waals surface area contributed by atoms with Gasteiger partial charge in [0.15, 0.2) is 0 Å². The third-order valence-corrected chi connectivity index (χ3v) is 3.19. The summed E-state index contributed by atoms with van der Waals surface area (Å²) in [6.45, 7) is 6.49. The number of hydrogen-bond acceptors (Lipinski definition) is 6. The minimum atomic E-state index is -4.59. The summed E-state index contributed by atoms with van der Waals surface area (Å²) in [7, 11) is -4.59. The molecule has 0 amide bonds. The first-order valence-corrected chi connectivity index (χ1v) is 7.99. The second kappa shape index (κ2) is 8.62. The molecule has 23 heavy (non-hydrogen) atoms. The van der Waals surface area contributed by atoms with E-state index in [9.17, 15) is 18.0 Å². The van der Waals surface area contributed by atoms with Gasteiger partial charge in [-0.2, -0.15) is 8.42 Å². The molecule has 0 aromatic heterocycles. The van der Waals surface area contributed by atoms with Crippen LogP contribution in [0.2, 0.25) is 0 Å². The van der Waals surface area contributed by atoms with E-state index in [4.69, 9.17) is 14.0 Å². The SMILES string of the molecule is CC(C)OC(=O)c1cc(C(=O)OC(C)C)cc(S(=O)(=O)O)c1.[MgH2]. The van der Waals surface area contributed by atoms with Gasteiger partial charge in [-0.25, -0.2) is 9.59 Å². The predicted octanol–water partition coefficient (Wildman–Crippen LogP) is 1.15. The summed E-state index contributed by atoms with van der Waals surface area (Å²) in [5.74, 6) is -1.61. The molecule has 0 aliphatic rings. The van der Waals surface area contributed by atoms with Gasteiger partial charge in [-0.05, 0) is 45.9 Å². The fourth-order valence-corrected chi connectivity index (χ4v) is 2.10. The molecule has 0 heterocycles. The Bertz CT molecular complexity index is 640. The van der Waals surface area contributed by atoms with E-state index < -0.39 is 39.2 Å². The zero-order valence-electron chi connectivity index (χ0n) is 12.7. The monoisotopic (exact) mass is 356 g/mol. The summed E-state index contributed by atoms with van der Waals surface area (Å²) >= 11 is 0. The van der Waals surface area contributed by atoms with E-state index >= 15 is 0 Å². The molecule has 0 saturated carbocycles. The minimum Gasteiger partial charge on any atom is -0.459 e. The van der Waals surface area contributed by atoms with Crippen LogP contribution in [0.5, 0.6) is 0 Å². The first kappa shape index (κ1) is 21.8. The highest BCUT2D eigenvalue weighted by Crippen LogP contribution is 2.18. The second-order valence-corrected chi connectivity index (χ2v) is 6.55. The number of carbonyl (C=O) groups excluding carboxylic acids is 2. The summed E-state index contributed by atoms with van der Waals surface area (Å²) in [6.07, 6.45) is -0.846. The van der Waals surface area contributed by atoms with E-state index in [1.807, 2.05) is 0 Å². The van der Waals surface area contributed by atoms with Crippen molar-refractivity contribution in [1.29, 1.82) is 0 Å². The van der Waals surface area contributed by atoms with Gasteiger partial charge in [0.05, 0.1) is 28.2 Å². The van der Waals surface area contributed by atoms with Gasteiger partial charge in [0, 0.05) is 0 Å². The molecule has 0 aliphatic heterocycles. The van der Waals surface area contributed by atoms with Gasteiger partial charge in [-0.15, -0.1) is 0 Å². The maximum Gasteiger partial charge on any atom is 0.338 e. The zero-order valence-corrected chi connectivity index (χ0v) is 13.5. The van der Waals surface area contributed by atoms with Crippen molar-refractivity contribution in [1.82, 2.24) is 0 Å². The predicted molar refractivity (Wildman–Crippen MR) is 85.9 cm³/mol. The maximum atomic E-state index is 11.9. The Labute approximate surface area is 151 Å². The molecule has 0 atom stereocenters. The van der Waals surface area contributed by atoms with Crippen LogP contribution in [0.1, 0.15) is 48.4 Å². The van der Waals surface area contributed by atoms with E-state index in [0.717, 1.165) is 18.2 Å². The summed E-state index contributed by atoms with van der Waals surface area (Å²) in [4.78, 5) is 23.2. The van der Waals surface area contributed by atoms with E-state index in [1.165, 1.54) is 0 Å². The lowest BCUT2D eigenvalue weighted by atomic mass is 10.1. The number of benzene rings is 1. The average molecular weight is 357 g/mol. The number of carbonyl (C=O) groups is 2. The van der Waals surface area contributed by atoms with Crippen molar-refractivity contribution in [2.24, 2.45) is 0 Å². The minimum absolute atomic E-state index is 0. The third kappa shape index (κ3) is 6.86. The van der Waals surface area contributed by atoms with Crippen molar-refractivity contribution in [3.05, 3.63) is 29.3 Å². The maximum absolute atomic E-state index is 11.9. The van der Waals surface area contributed by atoms with Gasteiger partial charge < -0.3 is 9.47 Å². The van der Waals surface area contributed by atoms with Crippen LogP contribution >= 0.6 is 0 Å². The van der Waals surface area contributed by atoms with Crippen LogP contribution in [0.4, 0.5) is 0 Å². The molecule has 0 bridgehead atoms. The first-order valence-electron chi connectivity index (χ1n) is 6.55. The molecule has 0 saturated heterocycles. The topological polar surface area (TPSA) is 107 Å². The zero-order chi connectivity index (χ0) is 17.1. The molecule has 1 aromatic carbocycles. The fourth-order valence-electron chi connectivity index (χ4n) is 1.55. The van der Waals surface area contributed by atoms with Crippen molar-refractivity contribution < 1.29 is 32.0 Å². The molecule has 9 heteroatoms. The first-order chi connectivity index (χ1) is 10.0. The highest BCUT2D eigenvalue weighted by molar-refractivity contribution is 7.85. The van der Waals surface area contributed by atoms with Crippen LogP contribution in [0.3, 0.4) is 0 Å². The molecule has 0 aliphatic carbocycles. The number of esters is 2. The molecule has 7 nitrogen and oxygen atoms in total. The van der Waals surface area contributed by atoms with Gasteiger partial charge in [0.1, 0.15) is 0 Å². The van der Waals surface area contributed by atoms with Gasteiger partial charge in [-0.3, -0.25) is 4.55 Å². The van der Waals surface area contributed by atoms with Crippen molar-refractivity contribution >= 4 is 45.1 Å². The highest BCUT2D eigenvalue weighted by Gasteiger charge is 2.21. The van der Waals surface area contributed by atoms with E-state index in [0.29, 0.717) is 0 Å². The smallest absolute Gasteiger partial charge is 0.338 e. The van der Waals surface area contributed by atoms with Gasteiger partial charge in [-0.1, -0.05) is 0 Å². The van der Waals surface area contributed by atoms with Crippen LogP contribution < -0.4 is 0 Å². The Morgan fingerprint density at radius 3 is 1.52 bits per heavy atom. The summed E-state index contributed by atoms with van der Waals surface area (Å²) in [5.41, 5.74) is -0.334. The Hall–Kier alpha value is -1.16. The largest absolute Gasteiger partial charge is 0.459 e. The normalized spacial score (nSPS) is 11.1. The Kier molecular flexibility index (Phi) is 8.19. The van der Waals surface area contributed by atoms with E-state index in [1.54, 1.807) is 27.7 Å². The highest BCUT2D eigenvalue weighted by atomic mass is 32.2. The summed E-state index contributed by atoms with van der Waals surface area (Å²) in [6, 6.07) is 3.03. The molecule has 0 fully saturated rings. The molecule has 1 N–H and O–H groups in total. The molecule has 1 rings (SSSR count). The molecular formula is C14H20MgO7S. The average Bonchev–Trinajstić information content (AvgIpc) is 2.35. The summed E-state index contributed by atoms with van der Waals surface area (Å²) in [5, 5.41) is 0. The van der Waals surface area contributed by atoms with Gasteiger partial charge in [0.25, 0.3) is 10.1 Å².